The molecule has 4 heterocycles. The number of carbonyl (C=O) groups is 2. The van der Waals surface area contributed by atoms with Gasteiger partial charge in [-0.25, -0.2) is 9.59 Å². The lowest BCUT2D eigenvalue weighted by Gasteiger charge is -2.47. The molecule has 1 aromatic rings. The summed E-state index contributed by atoms with van der Waals surface area (Å²) < 4.78 is 5.72. The average Bonchev–Trinajstić information content (AvgIpc) is 3.24. The summed E-state index contributed by atoms with van der Waals surface area (Å²) in [7, 11) is 3.66. The summed E-state index contributed by atoms with van der Waals surface area (Å²) in [5.41, 5.74) is 2.02. The number of anilines is 1. The summed E-state index contributed by atoms with van der Waals surface area (Å²) in [4.78, 5) is 34.1. The van der Waals surface area contributed by atoms with E-state index in [2.05, 4.69) is 23.1 Å². The predicted molar refractivity (Wildman–Crippen MR) is 133 cm³/mol. The quantitative estimate of drug-likeness (QED) is 0.611. The van der Waals surface area contributed by atoms with Crippen LogP contribution in [-0.4, -0.2) is 84.3 Å². The highest BCUT2D eigenvalue weighted by molar-refractivity contribution is 5.95. The Morgan fingerprint density at radius 3 is 2.21 bits per heavy atom. The molecule has 34 heavy (non-hydrogen) atoms. The minimum atomic E-state index is -0.450. The number of fused-ring (bicyclic) bond motifs is 4. The van der Waals surface area contributed by atoms with Crippen LogP contribution in [0.15, 0.2) is 24.3 Å². The summed E-state index contributed by atoms with van der Waals surface area (Å²) in [5, 5.41) is 0. The van der Waals surface area contributed by atoms with Crippen molar-refractivity contribution in [2.24, 2.45) is 0 Å². The molecular weight excluding hydrogens is 428 g/mol. The first-order chi connectivity index (χ1) is 16.1. The molecule has 5 rings (SSSR count). The number of benzene rings is 1. The average molecular weight is 469 g/mol. The summed E-state index contributed by atoms with van der Waals surface area (Å²) in [6.45, 7) is 8.70. The number of nitrogens with zero attached hydrogens (tertiary/aromatic N) is 4. The van der Waals surface area contributed by atoms with E-state index in [1.54, 1.807) is 4.90 Å². The maximum atomic E-state index is 12.9. The molecule has 7 heteroatoms. The van der Waals surface area contributed by atoms with Crippen molar-refractivity contribution in [3.8, 4) is 0 Å². The van der Waals surface area contributed by atoms with Crippen LogP contribution in [0.25, 0.3) is 0 Å². The van der Waals surface area contributed by atoms with Crippen molar-refractivity contribution in [2.45, 2.75) is 88.4 Å². The van der Waals surface area contributed by atoms with E-state index >= 15 is 0 Å². The molecule has 0 N–H and O–H groups in total. The Kier molecular flexibility index (Phi) is 5.82. The number of para-hydroxylation sites is 1. The smallest absolute Gasteiger partial charge is 0.410 e. The van der Waals surface area contributed by atoms with Crippen LogP contribution < -0.4 is 4.90 Å². The number of amides is 3. The zero-order valence-electron chi connectivity index (χ0n) is 21.4. The molecule has 4 aliphatic heterocycles. The highest BCUT2D eigenvalue weighted by Gasteiger charge is 2.50. The fourth-order valence-corrected chi connectivity index (χ4v) is 6.85. The van der Waals surface area contributed by atoms with Crippen molar-refractivity contribution in [1.29, 1.82) is 0 Å². The maximum absolute atomic E-state index is 12.9. The van der Waals surface area contributed by atoms with Crippen LogP contribution in [0.2, 0.25) is 0 Å². The zero-order chi connectivity index (χ0) is 24.3. The second kappa shape index (κ2) is 8.43. The lowest BCUT2D eigenvalue weighted by molar-refractivity contribution is -0.00822. The lowest BCUT2D eigenvalue weighted by atomic mass is 9.73. The SMILES string of the molecule is CN(C)C(=O)N1CC2(CCN(C3CC4CCC(C3)N4C(=O)OC(C)(C)C)CC2)c2ccccc21. The van der Waals surface area contributed by atoms with Gasteiger partial charge in [-0.3, -0.25) is 4.90 Å². The minimum Gasteiger partial charge on any atom is -0.444 e. The highest BCUT2D eigenvalue weighted by atomic mass is 16.6. The Morgan fingerprint density at radius 2 is 1.62 bits per heavy atom. The number of urea groups is 1. The summed E-state index contributed by atoms with van der Waals surface area (Å²) in [6, 6.07) is 9.68. The molecule has 2 bridgehead atoms. The summed E-state index contributed by atoms with van der Waals surface area (Å²) >= 11 is 0. The Bertz CT molecular complexity index is 933. The second-order valence-corrected chi connectivity index (χ2v) is 12.0. The van der Waals surface area contributed by atoms with Gasteiger partial charge in [0.2, 0.25) is 0 Å². The molecule has 0 saturated carbocycles. The van der Waals surface area contributed by atoms with Gasteiger partial charge in [-0.1, -0.05) is 18.2 Å². The van der Waals surface area contributed by atoms with Crippen molar-refractivity contribution < 1.29 is 14.3 Å². The minimum absolute atomic E-state index is 0.0506. The molecule has 2 unspecified atom stereocenters. The van der Waals surface area contributed by atoms with Gasteiger partial charge in [0.1, 0.15) is 5.60 Å². The normalized spacial score (nSPS) is 28.2. The Labute approximate surface area is 204 Å². The number of likely N-dealkylation sites (tertiary alicyclic amines) is 1. The summed E-state index contributed by atoms with van der Waals surface area (Å²) in [5.74, 6) is 0. The third-order valence-corrected chi connectivity index (χ3v) is 8.42. The van der Waals surface area contributed by atoms with Crippen LogP contribution in [0.5, 0.6) is 0 Å². The molecule has 186 valence electrons. The largest absolute Gasteiger partial charge is 0.444 e. The third-order valence-electron chi connectivity index (χ3n) is 8.42. The van der Waals surface area contributed by atoms with E-state index in [0.29, 0.717) is 18.1 Å². The number of piperidine rings is 2. The van der Waals surface area contributed by atoms with Gasteiger partial charge < -0.3 is 19.4 Å². The zero-order valence-corrected chi connectivity index (χ0v) is 21.4. The Morgan fingerprint density at radius 1 is 1.00 bits per heavy atom. The molecule has 1 spiro atoms. The number of carbonyl (C=O) groups excluding carboxylic acids is 2. The van der Waals surface area contributed by atoms with Crippen molar-refractivity contribution >= 4 is 17.8 Å². The molecule has 3 saturated heterocycles. The molecule has 3 amide bonds. The van der Waals surface area contributed by atoms with Gasteiger partial charge in [0.05, 0.1) is 0 Å². The molecule has 0 aliphatic carbocycles. The number of rotatable bonds is 1. The van der Waals surface area contributed by atoms with Crippen LogP contribution in [0.1, 0.15) is 64.9 Å². The van der Waals surface area contributed by atoms with Gasteiger partial charge in [0.15, 0.2) is 0 Å². The lowest BCUT2D eigenvalue weighted by Crippen LogP contribution is -2.56. The number of hydrogen-bond donors (Lipinski definition) is 0. The summed E-state index contributed by atoms with van der Waals surface area (Å²) in [6.07, 6.45) is 6.28. The van der Waals surface area contributed by atoms with E-state index in [0.717, 1.165) is 63.8 Å². The van der Waals surface area contributed by atoms with Gasteiger partial charge in [-0.15, -0.1) is 0 Å². The van der Waals surface area contributed by atoms with Crippen molar-refractivity contribution in [3.63, 3.8) is 0 Å². The second-order valence-electron chi connectivity index (χ2n) is 12.0. The van der Waals surface area contributed by atoms with Crippen LogP contribution in [0.3, 0.4) is 0 Å². The molecule has 1 aromatic carbocycles. The molecule has 4 aliphatic rings. The number of ether oxygens (including phenoxy) is 1. The fraction of sp³-hybridized carbons (Fsp3) is 0.704. The van der Waals surface area contributed by atoms with Gasteiger partial charge in [-0.05, 0) is 84.0 Å². The van der Waals surface area contributed by atoms with Crippen LogP contribution in [-0.2, 0) is 10.2 Å². The van der Waals surface area contributed by atoms with E-state index in [1.165, 1.54) is 5.56 Å². The number of hydrogen-bond acceptors (Lipinski definition) is 4. The van der Waals surface area contributed by atoms with E-state index < -0.39 is 5.60 Å². The molecule has 0 aromatic heterocycles. The molecular formula is C27H40N4O3. The first kappa shape index (κ1) is 23.5. The standard InChI is InChI=1S/C27H40N4O3/c1-26(2,3)34-25(33)31-19-10-11-20(31)17-21(16-19)29-14-12-27(13-15-29)18-30(24(32)28(4)5)23-9-7-6-8-22(23)27/h6-9,19-21H,10-18H2,1-5H3. The van der Waals surface area contributed by atoms with Crippen LogP contribution in [0, 0.1) is 0 Å². The third kappa shape index (κ3) is 4.06. The maximum Gasteiger partial charge on any atom is 0.410 e. The van der Waals surface area contributed by atoms with E-state index in [-0.39, 0.29) is 17.5 Å². The molecule has 7 nitrogen and oxygen atoms in total. The van der Waals surface area contributed by atoms with Gasteiger partial charge >= 0.3 is 12.1 Å². The van der Waals surface area contributed by atoms with E-state index in [1.807, 2.05) is 50.7 Å². The van der Waals surface area contributed by atoms with Crippen LogP contribution >= 0.6 is 0 Å². The monoisotopic (exact) mass is 468 g/mol. The predicted octanol–water partition coefficient (Wildman–Crippen LogP) is 4.45. The topological polar surface area (TPSA) is 56.3 Å². The first-order valence-electron chi connectivity index (χ1n) is 12.9. The highest BCUT2D eigenvalue weighted by Crippen LogP contribution is 2.48. The first-order valence-corrected chi connectivity index (χ1v) is 12.9. The van der Waals surface area contributed by atoms with Crippen molar-refractivity contribution in [3.05, 3.63) is 29.8 Å². The fourth-order valence-electron chi connectivity index (χ4n) is 6.85. The van der Waals surface area contributed by atoms with Gasteiger partial charge in [-0.2, -0.15) is 0 Å². The Hall–Kier alpha value is -2.28. The van der Waals surface area contributed by atoms with E-state index in [9.17, 15) is 9.59 Å². The van der Waals surface area contributed by atoms with Gasteiger partial charge in [0, 0.05) is 49.9 Å². The molecule has 2 atom stereocenters. The Balaban J connectivity index is 1.25. The van der Waals surface area contributed by atoms with Gasteiger partial charge in [0.25, 0.3) is 0 Å². The molecule has 0 radical (unpaired) electrons. The molecule has 3 fully saturated rings. The van der Waals surface area contributed by atoms with Crippen molar-refractivity contribution in [2.75, 3.05) is 38.6 Å². The van der Waals surface area contributed by atoms with Crippen LogP contribution in [0.4, 0.5) is 15.3 Å². The van der Waals surface area contributed by atoms with E-state index in [4.69, 9.17) is 4.74 Å². The van der Waals surface area contributed by atoms with Crippen molar-refractivity contribution in [1.82, 2.24) is 14.7 Å².